The van der Waals surface area contributed by atoms with E-state index in [0.29, 0.717) is 16.7 Å². The molecular formula is C19H14F3N5O3S2. The van der Waals surface area contributed by atoms with E-state index < -0.39 is 32.6 Å². The molecular weight excluding hydrogens is 467 g/mol. The summed E-state index contributed by atoms with van der Waals surface area (Å²) in [6, 6.07) is 9.50. The topological polar surface area (TPSA) is 118 Å². The van der Waals surface area contributed by atoms with E-state index in [1.54, 1.807) is 24.3 Å². The number of amides is 1. The zero-order chi connectivity index (χ0) is 23.7. The van der Waals surface area contributed by atoms with Gasteiger partial charge in [-0.1, -0.05) is 30.4 Å². The molecule has 3 rings (SSSR count). The van der Waals surface area contributed by atoms with Gasteiger partial charge in [-0.2, -0.15) is 28.5 Å². The van der Waals surface area contributed by atoms with Gasteiger partial charge < -0.3 is 0 Å². The number of aryl methyl sites for hydroxylation is 1. The molecule has 0 saturated heterocycles. The van der Waals surface area contributed by atoms with E-state index in [0.717, 1.165) is 4.68 Å². The molecule has 1 aromatic carbocycles. The Morgan fingerprint density at radius 2 is 1.91 bits per heavy atom. The molecule has 0 aliphatic rings. The van der Waals surface area contributed by atoms with Gasteiger partial charge in [0.25, 0.3) is 5.91 Å². The summed E-state index contributed by atoms with van der Waals surface area (Å²) >= 11 is 0.148. The number of alkyl halides is 3. The second-order valence-corrected chi connectivity index (χ2v) is 9.59. The Morgan fingerprint density at radius 3 is 2.44 bits per heavy atom. The van der Waals surface area contributed by atoms with Crippen LogP contribution in [0.25, 0.3) is 11.1 Å². The predicted molar refractivity (Wildman–Crippen MR) is 108 cm³/mol. The first-order chi connectivity index (χ1) is 15.0. The number of pyridine rings is 1. The Balaban J connectivity index is 2.13. The van der Waals surface area contributed by atoms with Crippen LogP contribution in [0.1, 0.15) is 28.0 Å². The highest BCUT2D eigenvalue weighted by atomic mass is 32.2. The molecule has 0 spiro atoms. The third-order valence-electron chi connectivity index (χ3n) is 4.26. The molecule has 3 aromatic rings. The van der Waals surface area contributed by atoms with Crippen LogP contribution >= 0.6 is 11.3 Å². The Bertz CT molecular complexity index is 1400. The maximum absolute atomic E-state index is 12.9. The zero-order valence-electron chi connectivity index (χ0n) is 16.6. The average Bonchev–Trinajstić information content (AvgIpc) is 3.14. The summed E-state index contributed by atoms with van der Waals surface area (Å²) in [6.07, 6.45) is -3.45. The Morgan fingerprint density at radius 1 is 1.25 bits per heavy atom. The Labute approximate surface area is 184 Å². The van der Waals surface area contributed by atoms with Crippen LogP contribution in [-0.4, -0.2) is 34.8 Å². The third kappa shape index (κ3) is 4.76. The van der Waals surface area contributed by atoms with Crippen molar-refractivity contribution in [2.75, 3.05) is 5.75 Å². The summed E-state index contributed by atoms with van der Waals surface area (Å²) in [5.41, 5.74) is 0.833. The van der Waals surface area contributed by atoms with Gasteiger partial charge in [0.1, 0.15) is 5.69 Å². The summed E-state index contributed by atoms with van der Waals surface area (Å²) < 4.78 is 64.6. The van der Waals surface area contributed by atoms with Crippen LogP contribution in [0.3, 0.4) is 0 Å². The van der Waals surface area contributed by atoms with Crippen molar-refractivity contribution in [2.24, 2.45) is 12.0 Å². The second kappa shape index (κ2) is 8.64. The third-order valence-corrected chi connectivity index (χ3v) is 7.05. The van der Waals surface area contributed by atoms with Gasteiger partial charge in [-0.15, -0.1) is 0 Å². The van der Waals surface area contributed by atoms with Crippen molar-refractivity contribution >= 4 is 27.1 Å². The maximum atomic E-state index is 12.9. The lowest BCUT2D eigenvalue weighted by Crippen LogP contribution is -2.17. The molecule has 0 aliphatic carbocycles. The number of nitriles is 1. The number of hydrogen-bond acceptors (Lipinski definition) is 7. The summed E-state index contributed by atoms with van der Waals surface area (Å²) in [5, 5.41) is 11.0. The van der Waals surface area contributed by atoms with Crippen molar-refractivity contribution in [3.63, 3.8) is 0 Å². The first-order valence-corrected chi connectivity index (χ1v) is 11.4. The monoisotopic (exact) mass is 481 g/mol. The van der Waals surface area contributed by atoms with E-state index in [1.807, 2.05) is 6.07 Å². The average molecular weight is 481 g/mol. The lowest BCUT2D eigenvalue weighted by atomic mass is 10.1. The molecule has 13 heteroatoms. The number of carbonyl (C=O) groups is 1. The minimum Gasteiger partial charge on any atom is -0.265 e. The number of rotatable bonds is 4. The van der Waals surface area contributed by atoms with Crippen molar-refractivity contribution in [2.45, 2.75) is 18.0 Å². The van der Waals surface area contributed by atoms with Crippen LogP contribution in [0.5, 0.6) is 0 Å². The number of carbonyl (C=O) groups excluding carboxylic acids is 1. The zero-order valence-corrected chi connectivity index (χ0v) is 18.2. The second-order valence-electron chi connectivity index (χ2n) is 6.39. The summed E-state index contributed by atoms with van der Waals surface area (Å²) in [5.74, 6) is -1.45. The molecule has 0 bridgehead atoms. The number of hydrogen-bond donors (Lipinski definition) is 0. The summed E-state index contributed by atoms with van der Waals surface area (Å²) in [7, 11) is -2.75. The number of halogens is 3. The van der Waals surface area contributed by atoms with Crippen LogP contribution in [-0.2, 0) is 23.1 Å². The molecule has 2 aromatic heterocycles. The first-order valence-electron chi connectivity index (χ1n) is 8.90. The van der Waals surface area contributed by atoms with E-state index in [1.165, 1.54) is 26.2 Å². The summed E-state index contributed by atoms with van der Waals surface area (Å²) in [4.78, 5) is 19.5. The number of benzene rings is 1. The number of aromatic nitrogens is 3. The number of nitrogens with zero attached hydrogens (tertiary/aromatic N) is 5. The highest BCUT2D eigenvalue weighted by Crippen LogP contribution is 2.29. The van der Waals surface area contributed by atoms with Gasteiger partial charge in [0.15, 0.2) is 9.84 Å². The molecule has 8 nitrogen and oxygen atoms in total. The van der Waals surface area contributed by atoms with E-state index in [9.17, 15) is 26.4 Å². The van der Waals surface area contributed by atoms with Crippen molar-refractivity contribution in [1.29, 1.82) is 5.26 Å². The molecule has 0 unspecified atom stereocenters. The van der Waals surface area contributed by atoms with E-state index in [2.05, 4.69) is 15.1 Å². The molecule has 0 aliphatic heterocycles. The molecule has 0 atom stereocenters. The molecule has 166 valence electrons. The van der Waals surface area contributed by atoms with Gasteiger partial charge in [-0.05, 0) is 23.8 Å². The van der Waals surface area contributed by atoms with Gasteiger partial charge >= 0.3 is 6.18 Å². The lowest BCUT2D eigenvalue weighted by Gasteiger charge is -2.09. The number of sulfone groups is 1. The van der Waals surface area contributed by atoms with Crippen molar-refractivity contribution in [1.82, 2.24) is 14.8 Å². The minimum atomic E-state index is -4.71. The minimum absolute atomic E-state index is 0.148. The molecule has 0 fully saturated rings. The fraction of sp³-hybridized carbons (Fsp3) is 0.211. The Hall–Kier alpha value is -3.37. The van der Waals surface area contributed by atoms with Crippen LogP contribution in [0.15, 0.2) is 46.4 Å². The van der Waals surface area contributed by atoms with Crippen molar-refractivity contribution in [3.05, 3.63) is 57.6 Å². The van der Waals surface area contributed by atoms with Crippen molar-refractivity contribution in [3.8, 4) is 17.2 Å². The highest BCUT2D eigenvalue weighted by molar-refractivity contribution is 7.91. The molecule has 0 radical (unpaired) electrons. The van der Waals surface area contributed by atoms with Crippen LogP contribution in [0, 0.1) is 11.3 Å². The van der Waals surface area contributed by atoms with Crippen LogP contribution in [0.2, 0.25) is 0 Å². The molecule has 2 heterocycles. The van der Waals surface area contributed by atoms with Gasteiger partial charge in [0.05, 0.1) is 22.3 Å². The van der Waals surface area contributed by atoms with Gasteiger partial charge in [-0.3, -0.25) is 4.79 Å². The molecule has 1 amide bonds. The molecule has 0 saturated carbocycles. The van der Waals surface area contributed by atoms with Crippen LogP contribution in [0.4, 0.5) is 13.2 Å². The van der Waals surface area contributed by atoms with E-state index >= 15 is 0 Å². The predicted octanol–water partition coefficient (Wildman–Crippen LogP) is 2.97. The first kappa shape index (κ1) is 23.3. The highest BCUT2D eigenvalue weighted by Gasteiger charge is 2.35. The van der Waals surface area contributed by atoms with E-state index in [-0.39, 0.29) is 26.8 Å². The fourth-order valence-corrected chi connectivity index (χ4v) is 4.40. The maximum Gasteiger partial charge on any atom is 0.445 e. The van der Waals surface area contributed by atoms with Gasteiger partial charge in [-0.25, -0.2) is 18.1 Å². The lowest BCUT2D eigenvalue weighted by molar-refractivity contribution is -0.138. The SMILES string of the molecule is CCS(=O)(=O)c1cc(-c2ccc(C#N)cc2)cnc1C(=O)N=c1sc(C(F)(F)F)nn1C. The van der Waals surface area contributed by atoms with E-state index in [4.69, 9.17) is 5.26 Å². The van der Waals surface area contributed by atoms with Crippen LogP contribution < -0.4 is 4.80 Å². The fourth-order valence-electron chi connectivity index (χ4n) is 2.59. The standard InChI is InChI=1S/C19H14F3N5O3S2/c1-3-32(29,30)14-8-13(12-6-4-11(9-23)5-7-12)10-24-15(14)16(28)25-18-27(2)26-17(31-18)19(20,21)22/h4-8,10H,3H2,1-2H3. The molecule has 32 heavy (non-hydrogen) atoms. The Kier molecular flexibility index (Phi) is 6.29. The molecule has 0 N–H and O–H groups in total. The quantitative estimate of drug-likeness (QED) is 0.565. The smallest absolute Gasteiger partial charge is 0.265 e. The summed E-state index contributed by atoms with van der Waals surface area (Å²) in [6.45, 7) is 1.38. The van der Waals surface area contributed by atoms with Gasteiger partial charge in [0.2, 0.25) is 9.81 Å². The normalized spacial score (nSPS) is 12.6. The largest absolute Gasteiger partial charge is 0.445 e. The van der Waals surface area contributed by atoms with Gasteiger partial charge in [0, 0.05) is 18.8 Å². The van der Waals surface area contributed by atoms with Crippen molar-refractivity contribution < 1.29 is 26.4 Å².